The molecule has 0 amide bonds. The molecule has 1 unspecified atom stereocenters. The predicted molar refractivity (Wildman–Crippen MR) is 96.8 cm³/mol. The third-order valence-electron chi connectivity index (χ3n) is 4.30. The average molecular weight is 349 g/mol. The Morgan fingerprint density at radius 2 is 1.48 bits per heavy atom. The van der Waals surface area contributed by atoms with E-state index < -0.39 is 10.2 Å². The molecule has 6 nitrogen and oxygen atoms in total. The van der Waals surface area contributed by atoms with E-state index in [-0.39, 0.29) is 0 Å². The third kappa shape index (κ3) is 7.47. The summed E-state index contributed by atoms with van der Waals surface area (Å²) in [6.45, 7) is 6.53. The van der Waals surface area contributed by atoms with Crippen molar-refractivity contribution >= 4 is 10.2 Å². The fourth-order valence-corrected chi connectivity index (χ4v) is 4.84. The molecular formula is C16H36N4O2S. The van der Waals surface area contributed by atoms with Gasteiger partial charge in [-0.25, -0.2) is 0 Å². The summed E-state index contributed by atoms with van der Waals surface area (Å²) in [5, 5.41) is 0. The Balaban J connectivity index is 2.69. The van der Waals surface area contributed by atoms with Crippen molar-refractivity contribution in [2.45, 2.75) is 32.6 Å². The largest absolute Gasteiger partial charge is 0.309 e. The second-order valence-corrected chi connectivity index (χ2v) is 9.25. The van der Waals surface area contributed by atoms with E-state index in [1.165, 1.54) is 0 Å². The Morgan fingerprint density at radius 1 is 0.957 bits per heavy atom. The number of piperidine rings is 1. The molecule has 1 fully saturated rings. The first-order chi connectivity index (χ1) is 10.7. The Labute approximate surface area is 143 Å². The van der Waals surface area contributed by atoms with Gasteiger partial charge in [-0.1, -0.05) is 6.92 Å². The molecule has 0 aromatic heterocycles. The highest BCUT2D eigenvalue weighted by atomic mass is 32.2. The van der Waals surface area contributed by atoms with Crippen molar-refractivity contribution in [3.63, 3.8) is 0 Å². The van der Waals surface area contributed by atoms with Gasteiger partial charge in [-0.15, -0.1) is 0 Å². The number of hydrogen-bond acceptors (Lipinski definition) is 4. The first-order valence-corrected chi connectivity index (χ1v) is 10.2. The minimum Gasteiger partial charge on any atom is -0.309 e. The highest BCUT2D eigenvalue weighted by Crippen LogP contribution is 2.21. The molecule has 1 heterocycles. The first-order valence-electron chi connectivity index (χ1n) is 8.78. The Morgan fingerprint density at radius 3 is 1.91 bits per heavy atom. The van der Waals surface area contributed by atoms with E-state index >= 15 is 0 Å². The van der Waals surface area contributed by atoms with Crippen molar-refractivity contribution in [1.82, 2.24) is 18.4 Å². The number of nitrogens with zero attached hydrogens (tertiary/aromatic N) is 4. The van der Waals surface area contributed by atoms with Gasteiger partial charge in [-0.2, -0.15) is 17.0 Å². The molecule has 0 aromatic rings. The van der Waals surface area contributed by atoms with Crippen LogP contribution in [-0.4, -0.2) is 94.3 Å². The maximum Gasteiger partial charge on any atom is 0.281 e. The molecule has 0 spiro atoms. The quantitative estimate of drug-likeness (QED) is 0.595. The fourth-order valence-electron chi connectivity index (χ4n) is 2.99. The van der Waals surface area contributed by atoms with Crippen molar-refractivity contribution in [1.29, 1.82) is 0 Å². The lowest BCUT2D eigenvalue weighted by Gasteiger charge is -2.34. The van der Waals surface area contributed by atoms with Crippen LogP contribution in [0.5, 0.6) is 0 Å². The fraction of sp³-hybridized carbons (Fsp3) is 1.00. The van der Waals surface area contributed by atoms with Crippen LogP contribution < -0.4 is 0 Å². The van der Waals surface area contributed by atoms with Crippen LogP contribution in [0.1, 0.15) is 32.6 Å². The van der Waals surface area contributed by atoms with Crippen LogP contribution in [0, 0.1) is 5.92 Å². The van der Waals surface area contributed by atoms with E-state index in [9.17, 15) is 8.42 Å². The van der Waals surface area contributed by atoms with Crippen molar-refractivity contribution in [3.05, 3.63) is 0 Å². The Hall–Kier alpha value is -0.210. The van der Waals surface area contributed by atoms with Gasteiger partial charge in [0.2, 0.25) is 0 Å². The van der Waals surface area contributed by atoms with Gasteiger partial charge in [0, 0.05) is 26.2 Å². The molecule has 0 aliphatic carbocycles. The topological polar surface area (TPSA) is 47.1 Å². The maximum atomic E-state index is 13.0. The van der Waals surface area contributed by atoms with Crippen molar-refractivity contribution in [2.75, 3.05) is 67.5 Å². The average Bonchev–Trinajstić information content (AvgIpc) is 2.45. The van der Waals surface area contributed by atoms with Crippen LogP contribution in [0.15, 0.2) is 0 Å². The lowest BCUT2D eigenvalue weighted by atomic mass is 10.0. The third-order valence-corrected chi connectivity index (χ3v) is 6.30. The highest BCUT2D eigenvalue weighted by Gasteiger charge is 2.32. The van der Waals surface area contributed by atoms with Gasteiger partial charge in [0.25, 0.3) is 10.2 Å². The minimum absolute atomic E-state index is 0.462. The maximum absolute atomic E-state index is 13.0. The lowest BCUT2D eigenvalue weighted by Crippen LogP contribution is -2.48. The van der Waals surface area contributed by atoms with E-state index in [2.05, 4.69) is 16.7 Å². The molecule has 1 saturated heterocycles. The molecule has 0 radical (unpaired) electrons. The predicted octanol–water partition coefficient (Wildman–Crippen LogP) is 1.17. The van der Waals surface area contributed by atoms with Crippen LogP contribution in [0.2, 0.25) is 0 Å². The van der Waals surface area contributed by atoms with Gasteiger partial charge in [-0.05, 0) is 72.9 Å². The van der Waals surface area contributed by atoms with Crippen LogP contribution >= 0.6 is 0 Å². The Bertz CT molecular complexity index is 412. The van der Waals surface area contributed by atoms with E-state index in [0.717, 1.165) is 38.8 Å². The zero-order chi connectivity index (χ0) is 17.5. The van der Waals surface area contributed by atoms with Gasteiger partial charge in [0.1, 0.15) is 0 Å². The lowest BCUT2D eigenvalue weighted by molar-refractivity contribution is 0.250. The van der Waals surface area contributed by atoms with Gasteiger partial charge < -0.3 is 9.80 Å². The first kappa shape index (κ1) is 20.8. The van der Waals surface area contributed by atoms with E-state index in [4.69, 9.17) is 0 Å². The second-order valence-electron chi connectivity index (χ2n) is 7.33. The summed E-state index contributed by atoms with van der Waals surface area (Å²) < 4.78 is 29.4. The molecule has 1 aliphatic heterocycles. The molecular weight excluding hydrogens is 312 g/mol. The summed E-state index contributed by atoms with van der Waals surface area (Å²) in [6, 6.07) is 0. The summed E-state index contributed by atoms with van der Waals surface area (Å²) >= 11 is 0. The van der Waals surface area contributed by atoms with E-state index in [1.54, 1.807) is 8.61 Å². The van der Waals surface area contributed by atoms with Gasteiger partial charge in [0.05, 0.1) is 0 Å². The van der Waals surface area contributed by atoms with Crippen LogP contribution in [0.3, 0.4) is 0 Å². The minimum atomic E-state index is -3.32. The molecule has 1 atom stereocenters. The molecule has 0 bridgehead atoms. The summed E-state index contributed by atoms with van der Waals surface area (Å²) in [4.78, 5) is 4.21. The Kier molecular flexibility index (Phi) is 9.00. The smallest absolute Gasteiger partial charge is 0.281 e. The van der Waals surface area contributed by atoms with Gasteiger partial charge in [-0.3, -0.25) is 0 Å². The van der Waals surface area contributed by atoms with Crippen molar-refractivity contribution in [3.8, 4) is 0 Å². The second kappa shape index (κ2) is 9.93. The summed E-state index contributed by atoms with van der Waals surface area (Å²) in [6.07, 6.45) is 3.85. The number of rotatable bonds is 10. The number of hydrogen-bond donors (Lipinski definition) is 0. The molecule has 0 aromatic carbocycles. The van der Waals surface area contributed by atoms with Crippen LogP contribution in [0.4, 0.5) is 0 Å². The zero-order valence-electron chi connectivity index (χ0n) is 15.7. The van der Waals surface area contributed by atoms with E-state index in [1.807, 2.05) is 28.2 Å². The van der Waals surface area contributed by atoms with Crippen LogP contribution in [-0.2, 0) is 10.2 Å². The molecule has 0 saturated carbocycles. The summed E-state index contributed by atoms with van der Waals surface area (Å²) in [5.74, 6) is 0.462. The SMILES string of the molecule is CC1CCCN(S(=O)(=O)N(CCCN(C)C)CCCN(C)C)C1. The molecule has 0 N–H and O–H groups in total. The monoisotopic (exact) mass is 348 g/mol. The molecule has 1 aliphatic rings. The summed E-state index contributed by atoms with van der Waals surface area (Å²) in [7, 11) is 4.78. The van der Waals surface area contributed by atoms with Gasteiger partial charge >= 0.3 is 0 Å². The molecule has 7 heteroatoms. The molecule has 138 valence electrons. The van der Waals surface area contributed by atoms with E-state index in [0.29, 0.717) is 32.1 Å². The molecule has 23 heavy (non-hydrogen) atoms. The highest BCUT2D eigenvalue weighted by molar-refractivity contribution is 7.86. The summed E-state index contributed by atoms with van der Waals surface area (Å²) in [5.41, 5.74) is 0. The normalized spacial score (nSPS) is 20.8. The van der Waals surface area contributed by atoms with Crippen LogP contribution in [0.25, 0.3) is 0 Å². The van der Waals surface area contributed by atoms with Crippen molar-refractivity contribution in [2.24, 2.45) is 5.92 Å². The zero-order valence-corrected chi connectivity index (χ0v) is 16.5. The van der Waals surface area contributed by atoms with Crippen molar-refractivity contribution < 1.29 is 8.42 Å². The standard InChI is InChI=1S/C16H36N4O2S/c1-16-9-6-12-20(15-16)23(21,22)19(13-7-10-17(2)3)14-8-11-18(4)5/h16H,6-15H2,1-5H3. The molecule has 1 rings (SSSR count). The van der Waals surface area contributed by atoms with Gasteiger partial charge in [0.15, 0.2) is 0 Å².